The fraction of sp³-hybridized carbons (Fsp3) is 0. The van der Waals surface area contributed by atoms with Crippen LogP contribution in [0.4, 0.5) is 0 Å². The Morgan fingerprint density at radius 1 is 1.20 bits per heavy atom. The average molecular weight is 200 g/mol. The monoisotopic (exact) mass is 200 g/mol. The Labute approximate surface area is 86.2 Å². The number of carboxylic acids is 1. The second-order valence-corrected chi connectivity index (χ2v) is 2.95. The molecule has 0 aliphatic heterocycles. The molecule has 0 amide bonds. The Bertz CT molecular complexity index is 483. The molecular weight excluding hydrogens is 192 g/mol. The van der Waals surface area contributed by atoms with Gasteiger partial charge in [0, 0.05) is 11.8 Å². The van der Waals surface area contributed by atoms with Crippen molar-refractivity contribution < 1.29 is 9.90 Å². The van der Waals surface area contributed by atoms with Gasteiger partial charge in [-0.25, -0.2) is 14.8 Å². The second kappa shape index (κ2) is 3.88. The average Bonchev–Trinajstić information content (AvgIpc) is 2.30. The minimum atomic E-state index is -0.954. The summed E-state index contributed by atoms with van der Waals surface area (Å²) in [5.41, 5.74) is 1.46. The van der Waals surface area contributed by atoms with Gasteiger partial charge in [-0.05, 0) is 12.1 Å². The van der Waals surface area contributed by atoms with E-state index in [9.17, 15) is 4.79 Å². The van der Waals surface area contributed by atoms with Crippen LogP contribution in [0, 0.1) is 0 Å². The molecule has 15 heavy (non-hydrogen) atoms. The number of hydrogen-bond acceptors (Lipinski definition) is 3. The first-order chi connectivity index (χ1) is 7.29. The minimum Gasteiger partial charge on any atom is -0.478 e. The third-order valence-electron chi connectivity index (χ3n) is 2.02. The van der Waals surface area contributed by atoms with E-state index in [1.54, 1.807) is 36.5 Å². The van der Waals surface area contributed by atoms with Crippen LogP contribution in [0.3, 0.4) is 0 Å². The standard InChI is InChI=1S/C11H8N2O2/c14-11(15)9-4-2-1-3-8(9)10-5-6-12-7-13-10/h1-7H,(H,14,15). The second-order valence-electron chi connectivity index (χ2n) is 2.95. The molecule has 0 saturated heterocycles. The summed E-state index contributed by atoms with van der Waals surface area (Å²) in [4.78, 5) is 18.8. The highest BCUT2D eigenvalue weighted by Gasteiger charge is 2.10. The summed E-state index contributed by atoms with van der Waals surface area (Å²) in [6.07, 6.45) is 2.98. The van der Waals surface area contributed by atoms with Crippen LogP contribution in [0.15, 0.2) is 42.9 Å². The molecule has 1 aromatic carbocycles. The number of carboxylic acid groups (broad SMARTS) is 1. The van der Waals surface area contributed by atoms with Crippen molar-refractivity contribution in [2.24, 2.45) is 0 Å². The molecular formula is C11H8N2O2. The lowest BCUT2D eigenvalue weighted by Crippen LogP contribution is -1.99. The van der Waals surface area contributed by atoms with Crippen molar-refractivity contribution in [1.82, 2.24) is 9.97 Å². The van der Waals surface area contributed by atoms with Crippen molar-refractivity contribution in [2.75, 3.05) is 0 Å². The van der Waals surface area contributed by atoms with Crippen molar-refractivity contribution in [3.63, 3.8) is 0 Å². The van der Waals surface area contributed by atoms with Crippen LogP contribution >= 0.6 is 0 Å². The van der Waals surface area contributed by atoms with E-state index in [0.29, 0.717) is 11.3 Å². The van der Waals surface area contributed by atoms with Gasteiger partial charge in [-0.15, -0.1) is 0 Å². The first-order valence-electron chi connectivity index (χ1n) is 4.38. The number of rotatable bonds is 2. The first kappa shape index (κ1) is 9.33. The Morgan fingerprint density at radius 3 is 2.67 bits per heavy atom. The molecule has 0 atom stereocenters. The highest BCUT2D eigenvalue weighted by molar-refractivity contribution is 5.95. The fourth-order valence-electron chi connectivity index (χ4n) is 1.34. The van der Waals surface area contributed by atoms with E-state index < -0.39 is 5.97 Å². The summed E-state index contributed by atoms with van der Waals surface area (Å²) < 4.78 is 0. The molecule has 0 bridgehead atoms. The van der Waals surface area contributed by atoms with Crippen LogP contribution in [0.2, 0.25) is 0 Å². The number of hydrogen-bond donors (Lipinski definition) is 1. The quantitative estimate of drug-likeness (QED) is 0.803. The van der Waals surface area contributed by atoms with Gasteiger partial charge in [0.1, 0.15) is 6.33 Å². The molecule has 0 spiro atoms. The van der Waals surface area contributed by atoms with Crippen LogP contribution in [0.5, 0.6) is 0 Å². The molecule has 1 N–H and O–H groups in total. The third kappa shape index (κ3) is 1.83. The molecule has 0 saturated carbocycles. The van der Waals surface area contributed by atoms with E-state index >= 15 is 0 Å². The molecule has 0 fully saturated rings. The third-order valence-corrected chi connectivity index (χ3v) is 2.02. The molecule has 0 radical (unpaired) electrons. The Hall–Kier alpha value is -2.23. The molecule has 0 unspecified atom stereocenters. The van der Waals surface area contributed by atoms with E-state index in [1.807, 2.05) is 0 Å². The Morgan fingerprint density at radius 2 is 2.00 bits per heavy atom. The molecule has 4 nitrogen and oxygen atoms in total. The zero-order valence-electron chi connectivity index (χ0n) is 7.79. The van der Waals surface area contributed by atoms with Crippen molar-refractivity contribution in [1.29, 1.82) is 0 Å². The van der Waals surface area contributed by atoms with Crippen LogP contribution in [-0.2, 0) is 0 Å². The SMILES string of the molecule is O=C(O)c1ccccc1-c1ccncn1. The summed E-state index contributed by atoms with van der Waals surface area (Å²) in [5, 5.41) is 8.98. The van der Waals surface area contributed by atoms with Crippen LogP contribution in [0.25, 0.3) is 11.3 Å². The number of aromatic carboxylic acids is 1. The number of carbonyl (C=O) groups is 1. The maximum absolute atomic E-state index is 11.0. The Kier molecular flexibility index (Phi) is 2.41. The fourth-order valence-corrected chi connectivity index (χ4v) is 1.34. The van der Waals surface area contributed by atoms with E-state index in [2.05, 4.69) is 9.97 Å². The summed E-state index contributed by atoms with van der Waals surface area (Å²) >= 11 is 0. The lowest BCUT2D eigenvalue weighted by Gasteiger charge is -2.03. The van der Waals surface area contributed by atoms with Crippen LogP contribution < -0.4 is 0 Å². The predicted octanol–water partition coefficient (Wildman–Crippen LogP) is 1.84. The van der Waals surface area contributed by atoms with E-state index in [-0.39, 0.29) is 5.56 Å². The smallest absolute Gasteiger partial charge is 0.336 e. The summed E-state index contributed by atoms with van der Waals surface area (Å²) in [5.74, 6) is -0.954. The number of benzene rings is 1. The maximum Gasteiger partial charge on any atom is 0.336 e. The maximum atomic E-state index is 11.0. The Balaban J connectivity index is 2.58. The molecule has 2 aromatic rings. The van der Waals surface area contributed by atoms with Gasteiger partial charge >= 0.3 is 5.97 Å². The van der Waals surface area contributed by atoms with Gasteiger partial charge in [0.05, 0.1) is 11.3 Å². The van der Waals surface area contributed by atoms with E-state index in [1.165, 1.54) is 6.33 Å². The molecule has 74 valence electrons. The van der Waals surface area contributed by atoms with E-state index in [4.69, 9.17) is 5.11 Å². The largest absolute Gasteiger partial charge is 0.478 e. The normalized spacial score (nSPS) is 9.87. The van der Waals surface area contributed by atoms with Crippen LogP contribution in [-0.4, -0.2) is 21.0 Å². The predicted molar refractivity (Wildman–Crippen MR) is 54.4 cm³/mol. The van der Waals surface area contributed by atoms with Crippen molar-refractivity contribution in [3.05, 3.63) is 48.4 Å². The van der Waals surface area contributed by atoms with Crippen molar-refractivity contribution in [3.8, 4) is 11.3 Å². The molecule has 4 heteroatoms. The van der Waals surface area contributed by atoms with E-state index in [0.717, 1.165) is 0 Å². The van der Waals surface area contributed by atoms with Gasteiger partial charge in [0.2, 0.25) is 0 Å². The number of aromatic nitrogens is 2. The highest BCUT2D eigenvalue weighted by Crippen LogP contribution is 2.20. The molecule has 1 aromatic heterocycles. The van der Waals surface area contributed by atoms with Gasteiger partial charge in [0.15, 0.2) is 0 Å². The topological polar surface area (TPSA) is 63.1 Å². The van der Waals surface area contributed by atoms with Gasteiger partial charge in [0.25, 0.3) is 0 Å². The van der Waals surface area contributed by atoms with Crippen LogP contribution in [0.1, 0.15) is 10.4 Å². The summed E-state index contributed by atoms with van der Waals surface area (Å²) in [6, 6.07) is 8.44. The van der Waals surface area contributed by atoms with Gasteiger partial charge < -0.3 is 5.11 Å². The number of nitrogens with zero attached hydrogens (tertiary/aromatic N) is 2. The van der Waals surface area contributed by atoms with Crippen molar-refractivity contribution in [2.45, 2.75) is 0 Å². The van der Waals surface area contributed by atoms with Gasteiger partial charge in [-0.3, -0.25) is 0 Å². The molecule has 1 heterocycles. The van der Waals surface area contributed by atoms with Gasteiger partial charge in [-0.1, -0.05) is 18.2 Å². The molecule has 0 aliphatic carbocycles. The minimum absolute atomic E-state index is 0.246. The summed E-state index contributed by atoms with van der Waals surface area (Å²) in [7, 11) is 0. The first-order valence-corrected chi connectivity index (χ1v) is 4.38. The lowest BCUT2D eigenvalue weighted by molar-refractivity contribution is 0.0697. The lowest BCUT2D eigenvalue weighted by atomic mass is 10.0. The molecule has 2 rings (SSSR count). The highest BCUT2D eigenvalue weighted by atomic mass is 16.4. The molecule has 0 aliphatic rings. The van der Waals surface area contributed by atoms with Gasteiger partial charge in [-0.2, -0.15) is 0 Å². The summed E-state index contributed by atoms with van der Waals surface area (Å²) in [6.45, 7) is 0. The zero-order chi connectivity index (χ0) is 10.7. The van der Waals surface area contributed by atoms with Crippen molar-refractivity contribution >= 4 is 5.97 Å². The zero-order valence-corrected chi connectivity index (χ0v) is 7.79.